The van der Waals surface area contributed by atoms with Crippen molar-refractivity contribution in [3.63, 3.8) is 0 Å². The van der Waals surface area contributed by atoms with Crippen LogP contribution in [0.25, 0.3) is 27.5 Å². The summed E-state index contributed by atoms with van der Waals surface area (Å²) in [7, 11) is 1.64. The Morgan fingerprint density at radius 3 is 2.76 bits per heavy atom. The molecule has 246 valence electrons. The summed E-state index contributed by atoms with van der Waals surface area (Å²) in [5.74, 6) is -0.537. The maximum atomic E-state index is 16.3. The predicted molar refractivity (Wildman–Crippen MR) is 185 cm³/mol. The lowest BCUT2D eigenvalue weighted by atomic mass is 10.1. The zero-order valence-corrected chi connectivity index (χ0v) is 26.8. The number of benzene rings is 3. The fraction of sp³-hybridized carbons (Fsp3) is 0.211. The van der Waals surface area contributed by atoms with Gasteiger partial charge in [0.1, 0.15) is 16.8 Å². The number of fused-ring (bicyclic) bond motifs is 3. The largest absolute Gasteiger partial charge is 0.451 e. The second-order valence-electron chi connectivity index (χ2n) is 12.6. The molecule has 8 rings (SSSR count). The van der Waals surface area contributed by atoms with Crippen molar-refractivity contribution in [1.29, 1.82) is 0 Å². The number of ether oxygens (including phenoxy) is 1. The number of nitrogens with zero attached hydrogens (tertiary/aromatic N) is 4. The molecule has 0 radical (unpaired) electrons. The number of para-hydroxylation sites is 3. The molecule has 2 aliphatic rings. The number of H-pyrrole nitrogens is 1. The van der Waals surface area contributed by atoms with Gasteiger partial charge >= 0.3 is 0 Å². The van der Waals surface area contributed by atoms with E-state index in [1.165, 1.54) is 17.2 Å². The molecule has 1 unspecified atom stereocenters. The van der Waals surface area contributed by atoms with E-state index >= 15 is 4.39 Å². The van der Waals surface area contributed by atoms with E-state index in [-0.39, 0.29) is 40.8 Å². The third kappa shape index (κ3) is 5.46. The number of anilines is 1. The lowest BCUT2D eigenvalue weighted by molar-refractivity contribution is -0.121. The van der Waals surface area contributed by atoms with Crippen LogP contribution in [0.4, 0.5) is 10.1 Å². The first-order chi connectivity index (χ1) is 23.9. The van der Waals surface area contributed by atoms with Crippen LogP contribution in [-0.4, -0.2) is 64.0 Å². The summed E-state index contributed by atoms with van der Waals surface area (Å²) in [6.45, 7) is 1.18. The van der Waals surface area contributed by atoms with E-state index in [1.807, 2.05) is 71.8 Å². The summed E-state index contributed by atoms with van der Waals surface area (Å²) in [5, 5.41) is 4.18. The van der Waals surface area contributed by atoms with E-state index in [9.17, 15) is 14.4 Å². The zero-order valence-electron chi connectivity index (χ0n) is 26.8. The smallest absolute Gasteiger partial charge is 0.259 e. The van der Waals surface area contributed by atoms with Crippen LogP contribution in [-0.2, 0) is 17.6 Å². The minimum Gasteiger partial charge on any atom is -0.451 e. The van der Waals surface area contributed by atoms with Gasteiger partial charge in [-0.3, -0.25) is 19.4 Å². The fourth-order valence-corrected chi connectivity index (χ4v) is 6.95. The molecule has 49 heavy (non-hydrogen) atoms. The second-order valence-corrected chi connectivity index (χ2v) is 12.6. The van der Waals surface area contributed by atoms with Gasteiger partial charge in [0.2, 0.25) is 11.3 Å². The van der Waals surface area contributed by atoms with Crippen LogP contribution in [0.5, 0.6) is 11.5 Å². The van der Waals surface area contributed by atoms with Gasteiger partial charge in [-0.05, 0) is 48.4 Å². The first kappa shape index (κ1) is 30.4. The van der Waals surface area contributed by atoms with Gasteiger partial charge < -0.3 is 29.4 Å². The maximum Gasteiger partial charge on any atom is 0.259 e. The molecule has 1 fully saturated rings. The number of likely N-dealkylation sites (N-methyl/N-ethyl adjacent to an activating group) is 1. The van der Waals surface area contributed by atoms with Crippen LogP contribution in [0.15, 0.2) is 96.2 Å². The third-order valence-electron chi connectivity index (χ3n) is 9.41. The minimum absolute atomic E-state index is 0.0532. The Hall–Kier alpha value is -5.97. The van der Waals surface area contributed by atoms with Gasteiger partial charge in [-0.15, -0.1) is 0 Å². The minimum atomic E-state index is -0.635. The predicted octanol–water partition coefficient (Wildman–Crippen LogP) is 5.36. The summed E-state index contributed by atoms with van der Waals surface area (Å²) in [6.07, 6.45) is 6.44. The van der Waals surface area contributed by atoms with E-state index in [0.717, 1.165) is 22.2 Å². The molecule has 5 heterocycles. The van der Waals surface area contributed by atoms with Crippen molar-refractivity contribution in [3.8, 4) is 17.2 Å². The van der Waals surface area contributed by atoms with Crippen molar-refractivity contribution < 1.29 is 18.7 Å². The van der Waals surface area contributed by atoms with Gasteiger partial charge in [-0.25, -0.2) is 4.39 Å². The number of aromatic amines is 1. The molecule has 0 saturated carbocycles. The fourth-order valence-electron chi connectivity index (χ4n) is 6.95. The first-order valence-corrected chi connectivity index (χ1v) is 16.3. The van der Waals surface area contributed by atoms with Gasteiger partial charge in [0.25, 0.3) is 5.91 Å². The number of amides is 2. The molecule has 11 heteroatoms. The van der Waals surface area contributed by atoms with Crippen LogP contribution < -0.4 is 20.4 Å². The van der Waals surface area contributed by atoms with Crippen molar-refractivity contribution in [3.05, 3.63) is 124 Å². The van der Waals surface area contributed by atoms with Crippen LogP contribution in [0.1, 0.15) is 28.0 Å². The Labute approximate surface area is 280 Å². The molecule has 3 aromatic carbocycles. The van der Waals surface area contributed by atoms with Crippen molar-refractivity contribution in [2.75, 3.05) is 31.6 Å². The molecule has 2 amide bonds. The van der Waals surface area contributed by atoms with E-state index < -0.39 is 17.2 Å². The summed E-state index contributed by atoms with van der Waals surface area (Å²) >= 11 is 0. The van der Waals surface area contributed by atoms with Crippen molar-refractivity contribution >= 4 is 39.3 Å². The molecule has 1 atom stereocenters. The Kier molecular flexibility index (Phi) is 7.59. The number of rotatable bonds is 8. The number of aromatic nitrogens is 3. The molecule has 6 aromatic rings. The van der Waals surface area contributed by atoms with Crippen molar-refractivity contribution in [2.24, 2.45) is 0 Å². The maximum absolute atomic E-state index is 16.3. The number of nitrogens with one attached hydrogen (secondary N) is 2. The molecule has 0 bridgehead atoms. The molecular weight excluding hydrogens is 623 g/mol. The Bertz CT molecular complexity index is 2320. The number of carbonyl (C=O) groups excluding carboxylic acids is 2. The quantitative estimate of drug-likeness (QED) is 0.228. The van der Waals surface area contributed by atoms with E-state index in [1.54, 1.807) is 23.9 Å². The highest BCUT2D eigenvalue weighted by atomic mass is 19.1. The van der Waals surface area contributed by atoms with E-state index in [0.29, 0.717) is 49.4 Å². The Morgan fingerprint density at radius 1 is 1.08 bits per heavy atom. The van der Waals surface area contributed by atoms with Gasteiger partial charge in [-0.2, -0.15) is 0 Å². The summed E-state index contributed by atoms with van der Waals surface area (Å²) in [5.41, 5.74) is 3.32. The van der Waals surface area contributed by atoms with Gasteiger partial charge in [-0.1, -0.05) is 36.4 Å². The van der Waals surface area contributed by atoms with Gasteiger partial charge in [0.05, 0.1) is 17.5 Å². The average Bonchev–Trinajstić information content (AvgIpc) is 3.75. The summed E-state index contributed by atoms with van der Waals surface area (Å²) in [4.78, 5) is 51.5. The number of hydrogen-bond acceptors (Lipinski definition) is 6. The highest BCUT2D eigenvalue weighted by Crippen LogP contribution is 2.47. The molecular formula is C38H33FN6O4. The van der Waals surface area contributed by atoms with Gasteiger partial charge in [0, 0.05) is 74.3 Å². The standard InChI is InChI=1S/C38H33FN6O4/c1-43(16-13-24-8-6-7-15-40-24)38(48)28-22-45-31-11-4-5-12-32(31)49-37-34(45)27(36(28)47)19-29(39)35(37)44-17-14-25(21-44)42-33(46)18-23-20-41-30-10-3-2-9-26(23)30/h2-12,15,19-20,22,25,41H,13-14,16-18,21H2,1H3,(H,42,46). The first-order valence-electron chi connectivity index (χ1n) is 16.3. The van der Waals surface area contributed by atoms with Crippen molar-refractivity contribution in [1.82, 2.24) is 24.8 Å². The monoisotopic (exact) mass is 656 g/mol. The van der Waals surface area contributed by atoms with Crippen LogP contribution >= 0.6 is 0 Å². The zero-order chi connectivity index (χ0) is 33.6. The van der Waals surface area contributed by atoms with E-state index in [4.69, 9.17) is 4.74 Å². The third-order valence-corrected chi connectivity index (χ3v) is 9.41. The molecule has 3 aromatic heterocycles. The molecule has 0 spiro atoms. The lowest BCUT2D eigenvalue weighted by Gasteiger charge is -2.29. The van der Waals surface area contributed by atoms with Gasteiger partial charge in [0.15, 0.2) is 17.3 Å². The van der Waals surface area contributed by atoms with Crippen LogP contribution in [0.3, 0.4) is 0 Å². The lowest BCUT2D eigenvalue weighted by Crippen LogP contribution is -2.38. The normalized spacial score (nSPS) is 14.9. The van der Waals surface area contributed by atoms with Crippen LogP contribution in [0, 0.1) is 5.82 Å². The van der Waals surface area contributed by atoms with Crippen LogP contribution in [0.2, 0.25) is 0 Å². The molecule has 10 nitrogen and oxygen atoms in total. The SMILES string of the molecule is CN(CCc1ccccn1)C(=O)c1cn2c3c(c(N4CCC(NC(=O)Cc5c[nH]c6ccccc56)C4)c(F)cc3c1=O)Oc1ccccc1-2. The number of halogens is 1. The summed E-state index contributed by atoms with van der Waals surface area (Å²) < 4.78 is 24.4. The Morgan fingerprint density at radius 2 is 1.90 bits per heavy atom. The molecule has 2 N–H and O–H groups in total. The van der Waals surface area contributed by atoms with E-state index in [2.05, 4.69) is 15.3 Å². The highest BCUT2D eigenvalue weighted by Gasteiger charge is 2.34. The molecule has 2 aliphatic heterocycles. The number of hydrogen-bond donors (Lipinski definition) is 2. The number of carbonyl (C=O) groups is 2. The summed E-state index contributed by atoms with van der Waals surface area (Å²) in [6, 6.07) is 21.7. The number of pyridine rings is 2. The molecule has 0 aliphatic carbocycles. The second kappa shape index (κ2) is 12.2. The highest BCUT2D eigenvalue weighted by molar-refractivity contribution is 6.01. The average molecular weight is 657 g/mol. The van der Waals surface area contributed by atoms with Crippen molar-refractivity contribution in [2.45, 2.75) is 25.3 Å². The molecule has 1 saturated heterocycles. The topological polar surface area (TPSA) is 113 Å². The Balaban J connectivity index is 1.10.